The number of para-hydroxylation sites is 2. The first-order chi connectivity index (χ1) is 13.4. The van der Waals surface area contributed by atoms with Crippen LogP contribution in [0.5, 0.6) is 11.5 Å². The highest BCUT2D eigenvalue weighted by molar-refractivity contribution is 5.79. The lowest BCUT2D eigenvalue weighted by molar-refractivity contribution is 0.171. The van der Waals surface area contributed by atoms with Gasteiger partial charge >= 0.3 is 0 Å². The number of fused-ring (bicyclic) bond motifs is 2. The van der Waals surface area contributed by atoms with Crippen LogP contribution in [0.4, 0.5) is 5.69 Å². The van der Waals surface area contributed by atoms with E-state index in [0.717, 1.165) is 50.8 Å². The molecule has 5 rings (SSSR count). The van der Waals surface area contributed by atoms with Gasteiger partial charge in [-0.15, -0.1) is 0 Å². The molecule has 0 spiro atoms. The van der Waals surface area contributed by atoms with Crippen LogP contribution in [0, 0.1) is 0 Å². The standard InChI is InChI=1S/C22H25N3O2/c1-2-5-19-18(4-1)8-9-24(19)13-10-23-11-14-25(15-12-23)20-6-3-7-21-22(20)27-17-16-26-21/h1-9H,10-17H2. The molecule has 27 heavy (non-hydrogen) atoms. The van der Waals surface area contributed by atoms with Crippen LogP contribution in [0.1, 0.15) is 0 Å². The highest BCUT2D eigenvalue weighted by Crippen LogP contribution is 2.39. The van der Waals surface area contributed by atoms with Crippen LogP contribution in [0.25, 0.3) is 10.9 Å². The average molecular weight is 363 g/mol. The Bertz CT molecular complexity index is 928. The minimum atomic E-state index is 0.634. The fourth-order valence-corrected chi connectivity index (χ4v) is 4.10. The Balaban J connectivity index is 1.21. The molecule has 5 nitrogen and oxygen atoms in total. The van der Waals surface area contributed by atoms with E-state index >= 15 is 0 Å². The van der Waals surface area contributed by atoms with Crippen LogP contribution in [-0.4, -0.2) is 55.4 Å². The molecule has 2 aliphatic rings. The summed E-state index contributed by atoms with van der Waals surface area (Å²) in [6.45, 7) is 7.57. The molecule has 0 radical (unpaired) electrons. The first-order valence-corrected chi connectivity index (χ1v) is 9.78. The minimum Gasteiger partial charge on any atom is -0.486 e. The molecule has 1 aromatic heterocycles. The van der Waals surface area contributed by atoms with Gasteiger partial charge in [0.05, 0.1) is 5.69 Å². The van der Waals surface area contributed by atoms with Crippen LogP contribution in [0.3, 0.4) is 0 Å². The quantitative estimate of drug-likeness (QED) is 0.712. The molecule has 0 unspecified atom stereocenters. The van der Waals surface area contributed by atoms with Gasteiger partial charge in [-0.25, -0.2) is 0 Å². The summed E-state index contributed by atoms with van der Waals surface area (Å²) in [5, 5.41) is 1.32. The number of piperazine rings is 1. The van der Waals surface area contributed by atoms with E-state index in [1.165, 1.54) is 16.6 Å². The van der Waals surface area contributed by atoms with Gasteiger partial charge in [0.25, 0.3) is 0 Å². The number of ether oxygens (including phenoxy) is 2. The Morgan fingerprint density at radius 1 is 0.778 bits per heavy atom. The van der Waals surface area contributed by atoms with E-state index in [1.807, 2.05) is 6.07 Å². The molecule has 0 N–H and O–H groups in total. The molecule has 1 fully saturated rings. The van der Waals surface area contributed by atoms with Gasteiger partial charge in [-0.2, -0.15) is 0 Å². The molecule has 0 atom stereocenters. The van der Waals surface area contributed by atoms with Crippen molar-refractivity contribution in [3.05, 3.63) is 54.7 Å². The SMILES string of the molecule is c1cc2c(c(N3CCN(CCn4ccc5ccccc54)CC3)c1)OCCO2. The van der Waals surface area contributed by atoms with E-state index in [9.17, 15) is 0 Å². The number of hydrogen-bond acceptors (Lipinski definition) is 4. The second-order valence-corrected chi connectivity index (χ2v) is 7.20. The van der Waals surface area contributed by atoms with Gasteiger partial charge in [0.2, 0.25) is 0 Å². The summed E-state index contributed by atoms with van der Waals surface area (Å²) in [5.74, 6) is 1.79. The molecular weight excluding hydrogens is 338 g/mol. The van der Waals surface area contributed by atoms with Crippen molar-refractivity contribution in [2.24, 2.45) is 0 Å². The zero-order valence-electron chi connectivity index (χ0n) is 15.5. The maximum atomic E-state index is 5.89. The van der Waals surface area contributed by atoms with Crippen molar-refractivity contribution in [1.82, 2.24) is 9.47 Å². The summed E-state index contributed by atoms with van der Waals surface area (Å²) in [6, 6.07) is 17.0. The fraction of sp³-hybridized carbons (Fsp3) is 0.364. The van der Waals surface area contributed by atoms with Crippen LogP contribution in [0.15, 0.2) is 54.7 Å². The summed E-state index contributed by atoms with van der Waals surface area (Å²) in [4.78, 5) is 4.98. The maximum absolute atomic E-state index is 5.89. The van der Waals surface area contributed by atoms with Crippen molar-refractivity contribution in [2.45, 2.75) is 6.54 Å². The van der Waals surface area contributed by atoms with E-state index in [-0.39, 0.29) is 0 Å². The third kappa shape index (κ3) is 3.23. The van der Waals surface area contributed by atoms with Crippen LogP contribution < -0.4 is 14.4 Å². The minimum absolute atomic E-state index is 0.634. The highest BCUT2D eigenvalue weighted by atomic mass is 16.6. The summed E-state index contributed by atoms with van der Waals surface area (Å²) in [7, 11) is 0. The maximum Gasteiger partial charge on any atom is 0.184 e. The summed E-state index contributed by atoms with van der Waals surface area (Å²) < 4.78 is 14.0. The molecule has 5 heteroatoms. The molecule has 1 saturated heterocycles. The van der Waals surface area contributed by atoms with Crippen molar-refractivity contribution in [3.8, 4) is 11.5 Å². The molecule has 140 valence electrons. The van der Waals surface area contributed by atoms with Crippen molar-refractivity contribution in [2.75, 3.05) is 50.8 Å². The highest BCUT2D eigenvalue weighted by Gasteiger charge is 2.23. The fourth-order valence-electron chi connectivity index (χ4n) is 4.10. The number of aromatic nitrogens is 1. The predicted octanol–water partition coefficient (Wildman–Crippen LogP) is 3.23. The third-order valence-corrected chi connectivity index (χ3v) is 5.60. The van der Waals surface area contributed by atoms with Gasteiger partial charge in [0.1, 0.15) is 13.2 Å². The van der Waals surface area contributed by atoms with Crippen molar-refractivity contribution >= 4 is 16.6 Å². The molecule has 0 saturated carbocycles. The summed E-state index contributed by atoms with van der Waals surface area (Å²) >= 11 is 0. The molecule has 3 heterocycles. The topological polar surface area (TPSA) is 29.9 Å². The predicted molar refractivity (Wildman–Crippen MR) is 108 cm³/mol. The van der Waals surface area contributed by atoms with Gasteiger partial charge in [-0.05, 0) is 29.7 Å². The van der Waals surface area contributed by atoms with Gasteiger partial charge in [0, 0.05) is 51.0 Å². The average Bonchev–Trinajstić information content (AvgIpc) is 3.15. The Hall–Kier alpha value is -2.66. The Labute approximate surface area is 159 Å². The zero-order chi connectivity index (χ0) is 18.1. The number of anilines is 1. The molecular formula is C22H25N3O2. The van der Waals surface area contributed by atoms with Gasteiger partial charge < -0.3 is 18.9 Å². The molecule has 0 bridgehead atoms. The molecule has 2 aromatic carbocycles. The molecule has 0 aliphatic carbocycles. The van der Waals surface area contributed by atoms with Gasteiger partial charge in [0.15, 0.2) is 11.5 Å². The molecule has 2 aliphatic heterocycles. The number of hydrogen-bond donors (Lipinski definition) is 0. The van der Waals surface area contributed by atoms with Crippen LogP contribution in [-0.2, 0) is 6.54 Å². The molecule has 0 amide bonds. The number of rotatable bonds is 4. The van der Waals surface area contributed by atoms with E-state index in [2.05, 4.69) is 63.0 Å². The summed E-state index contributed by atoms with van der Waals surface area (Å²) in [6.07, 6.45) is 2.20. The van der Waals surface area contributed by atoms with E-state index in [4.69, 9.17) is 9.47 Å². The second kappa shape index (κ2) is 7.16. The molecule has 3 aromatic rings. The Morgan fingerprint density at radius 2 is 1.63 bits per heavy atom. The lowest BCUT2D eigenvalue weighted by atomic mass is 10.2. The van der Waals surface area contributed by atoms with Gasteiger partial charge in [-0.1, -0.05) is 24.3 Å². The van der Waals surface area contributed by atoms with Crippen LogP contribution >= 0.6 is 0 Å². The first-order valence-electron chi connectivity index (χ1n) is 9.78. The van der Waals surface area contributed by atoms with Crippen molar-refractivity contribution in [3.63, 3.8) is 0 Å². The zero-order valence-corrected chi connectivity index (χ0v) is 15.5. The van der Waals surface area contributed by atoms with Crippen molar-refractivity contribution in [1.29, 1.82) is 0 Å². The lowest BCUT2D eigenvalue weighted by Crippen LogP contribution is -2.47. The normalized spacial score (nSPS) is 17.4. The number of benzene rings is 2. The Kier molecular flexibility index (Phi) is 4.38. The second-order valence-electron chi connectivity index (χ2n) is 7.20. The van der Waals surface area contributed by atoms with Crippen LogP contribution in [0.2, 0.25) is 0 Å². The van der Waals surface area contributed by atoms with Crippen molar-refractivity contribution < 1.29 is 9.47 Å². The number of nitrogens with zero attached hydrogens (tertiary/aromatic N) is 3. The van der Waals surface area contributed by atoms with E-state index < -0.39 is 0 Å². The first kappa shape index (κ1) is 16.5. The summed E-state index contributed by atoms with van der Waals surface area (Å²) in [5.41, 5.74) is 2.49. The largest absolute Gasteiger partial charge is 0.486 e. The monoisotopic (exact) mass is 363 g/mol. The van der Waals surface area contributed by atoms with E-state index in [0.29, 0.717) is 13.2 Å². The van der Waals surface area contributed by atoms with Gasteiger partial charge in [-0.3, -0.25) is 4.90 Å². The third-order valence-electron chi connectivity index (χ3n) is 5.60. The Morgan fingerprint density at radius 3 is 2.56 bits per heavy atom. The van der Waals surface area contributed by atoms with E-state index in [1.54, 1.807) is 0 Å². The smallest absolute Gasteiger partial charge is 0.184 e. The lowest BCUT2D eigenvalue weighted by Gasteiger charge is -2.37.